The first kappa shape index (κ1) is 25.3. The van der Waals surface area contributed by atoms with Crippen LogP contribution in [0.2, 0.25) is 0 Å². The van der Waals surface area contributed by atoms with Crippen molar-refractivity contribution in [1.82, 2.24) is 10.6 Å². The molecule has 4 aromatic carbocycles. The van der Waals surface area contributed by atoms with E-state index >= 15 is 0 Å². The lowest BCUT2D eigenvalue weighted by molar-refractivity contribution is 0.0882. The van der Waals surface area contributed by atoms with Crippen LogP contribution in [0.5, 0.6) is 17.2 Å². The highest BCUT2D eigenvalue weighted by molar-refractivity contribution is 5.97. The van der Waals surface area contributed by atoms with Crippen LogP contribution in [0.15, 0.2) is 103 Å². The molecule has 0 aromatic heterocycles. The van der Waals surface area contributed by atoms with Gasteiger partial charge in [0.1, 0.15) is 30.0 Å². The molecule has 7 heteroatoms. The first-order valence-electron chi connectivity index (χ1n) is 11.7. The smallest absolute Gasteiger partial charge is 0.253 e. The number of rotatable bonds is 10. The third-order valence-electron chi connectivity index (χ3n) is 5.65. The van der Waals surface area contributed by atoms with Gasteiger partial charge in [-0.2, -0.15) is 0 Å². The van der Waals surface area contributed by atoms with Gasteiger partial charge < -0.3 is 24.8 Å². The van der Waals surface area contributed by atoms with Crippen LogP contribution in [0, 0.1) is 0 Å². The normalized spacial score (nSPS) is 10.5. The number of nitrogens with one attached hydrogen (secondary N) is 2. The fourth-order valence-electron chi connectivity index (χ4n) is 3.69. The summed E-state index contributed by atoms with van der Waals surface area (Å²) >= 11 is 0. The Labute approximate surface area is 216 Å². The third-order valence-corrected chi connectivity index (χ3v) is 5.65. The van der Waals surface area contributed by atoms with Gasteiger partial charge in [0, 0.05) is 11.1 Å². The number of hydrogen-bond donors (Lipinski definition) is 2. The molecule has 2 amide bonds. The number of hydrogen-bond acceptors (Lipinski definition) is 5. The first-order chi connectivity index (χ1) is 18.1. The minimum atomic E-state index is -0.835. The van der Waals surface area contributed by atoms with Crippen molar-refractivity contribution in [3.63, 3.8) is 0 Å². The van der Waals surface area contributed by atoms with Crippen LogP contribution in [0.25, 0.3) is 0 Å². The summed E-state index contributed by atoms with van der Waals surface area (Å²) < 4.78 is 16.4. The van der Waals surface area contributed by atoms with Gasteiger partial charge in [0.2, 0.25) is 0 Å². The summed E-state index contributed by atoms with van der Waals surface area (Å²) in [5.41, 5.74) is 2.48. The standard InChI is InChI=1S/C30H28N2O5/c1-35-25-14-7-12-23(18-25)29(33)31-28(32-30(34)24-13-8-15-26(19-24)36-2)22-11-6-16-27(17-22)37-20-21-9-4-3-5-10-21/h3-19,28H,20H2,1-2H3,(H,31,33)(H,32,34). The summed E-state index contributed by atoms with van der Waals surface area (Å²) in [5.74, 6) is 0.982. The summed E-state index contributed by atoms with van der Waals surface area (Å²) in [4.78, 5) is 26.3. The van der Waals surface area contributed by atoms with Crippen LogP contribution in [0.1, 0.15) is 38.0 Å². The summed E-state index contributed by atoms with van der Waals surface area (Å²) in [7, 11) is 3.07. The summed E-state index contributed by atoms with van der Waals surface area (Å²) in [6.07, 6.45) is -0.835. The van der Waals surface area contributed by atoms with Crippen LogP contribution >= 0.6 is 0 Å². The molecule has 0 saturated carbocycles. The van der Waals surface area contributed by atoms with E-state index in [1.807, 2.05) is 48.5 Å². The molecule has 0 bridgehead atoms. The van der Waals surface area contributed by atoms with Gasteiger partial charge in [0.05, 0.1) is 14.2 Å². The van der Waals surface area contributed by atoms with Gasteiger partial charge in [-0.3, -0.25) is 9.59 Å². The number of ether oxygens (including phenoxy) is 3. The Morgan fingerprint density at radius 2 is 1.19 bits per heavy atom. The van der Waals surface area contributed by atoms with Gasteiger partial charge in [0.15, 0.2) is 0 Å². The van der Waals surface area contributed by atoms with Gasteiger partial charge in [-0.15, -0.1) is 0 Å². The summed E-state index contributed by atoms with van der Waals surface area (Å²) in [6.45, 7) is 0.390. The number of benzene rings is 4. The Morgan fingerprint density at radius 1 is 0.649 bits per heavy atom. The molecule has 4 rings (SSSR count). The van der Waals surface area contributed by atoms with Gasteiger partial charge in [-0.25, -0.2) is 0 Å². The Morgan fingerprint density at radius 3 is 1.76 bits per heavy atom. The van der Waals surface area contributed by atoms with E-state index in [-0.39, 0.29) is 11.8 Å². The van der Waals surface area contributed by atoms with Crippen molar-refractivity contribution in [3.05, 3.63) is 125 Å². The predicted octanol–water partition coefficient (Wildman–Crippen LogP) is 5.14. The molecule has 0 aliphatic rings. The van der Waals surface area contributed by atoms with Crippen molar-refractivity contribution in [2.75, 3.05) is 14.2 Å². The van der Waals surface area contributed by atoms with Crippen LogP contribution < -0.4 is 24.8 Å². The van der Waals surface area contributed by atoms with Crippen LogP contribution in [-0.4, -0.2) is 26.0 Å². The third kappa shape index (κ3) is 6.89. The summed E-state index contributed by atoms with van der Waals surface area (Å²) in [6, 6.07) is 30.7. The fraction of sp³-hybridized carbons (Fsp3) is 0.133. The predicted molar refractivity (Wildman–Crippen MR) is 141 cm³/mol. The minimum absolute atomic E-state index is 0.370. The molecule has 188 valence electrons. The molecule has 0 radical (unpaired) electrons. The van der Waals surface area contributed by atoms with E-state index in [0.29, 0.717) is 40.5 Å². The van der Waals surface area contributed by atoms with Crippen molar-refractivity contribution in [2.24, 2.45) is 0 Å². The fourth-order valence-corrected chi connectivity index (χ4v) is 3.69. The Hall–Kier alpha value is -4.78. The zero-order valence-corrected chi connectivity index (χ0v) is 20.6. The van der Waals surface area contributed by atoms with Crippen LogP contribution in [-0.2, 0) is 6.61 Å². The molecule has 0 unspecified atom stereocenters. The average Bonchev–Trinajstić information content (AvgIpc) is 2.96. The van der Waals surface area contributed by atoms with E-state index in [0.717, 1.165) is 5.56 Å². The molecular weight excluding hydrogens is 468 g/mol. The molecule has 0 heterocycles. The van der Waals surface area contributed by atoms with E-state index in [4.69, 9.17) is 14.2 Å². The maximum Gasteiger partial charge on any atom is 0.253 e. The zero-order valence-electron chi connectivity index (χ0n) is 20.6. The second kappa shape index (κ2) is 12.3. The molecule has 0 fully saturated rings. The van der Waals surface area contributed by atoms with E-state index in [2.05, 4.69) is 10.6 Å². The van der Waals surface area contributed by atoms with E-state index < -0.39 is 6.17 Å². The van der Waals surface area contributed by atoms with Crippen LogP contribution in [0.3, 0.4) is 0 Å². The molecule has 0 aliphatic heterocycles. The lowest BCUT2D eigenvalue weighted by atomic mass is 10.1. The highest BCUT2D eigenvalue weighted by Crippen LogP contribution is 2.22. The molecule has 0 saturated heterocycles. The SMILES string of the molecule is COc1cccc(C(=O)NC(NC(=O)c2cccc(OC)c2)c2cccc(OCc3ccccc3)c2)c1. The summed E-state index contributed by atoms with van der Waals surface area (Å²) in [5, 5.41) is 5.84. The Bertz CT molecular complexity index is 1300. The zero-order chi connectivity index (χ0) is 26.0. The molecule has 0 aliphatic carbocycles. The van der Waals surface area contributed by atoms with Crippen LogP contribution in [0.4, 0.5) is 0 Å². The minimum Gasteiger partial charge on any atom is -0.497 e. The molecule has 2 N–H and O–H groups in total. The van der Waals surface area contributed by atoms with Gasteiger partial charge in [-0.1, -0.05) is 54.6 Å². The monoisotopic (exact) mass is 496 g/mol. The van der Waals surface area contributed by atoms with Crippen molar-refractivity contribution in [1.29, 1.82) is 0 Å². The first-order valence-corrected chi connectivity index (χ1v) is 11.7. The number of methoxy groups -OCH3 is 2. The second-order valence-corrected chi connectivity index (χ2v) is 8.19. The van der Waals surface area contributed by atoms with E-state index in [1.165, 1.54) is 14.2 Å². The molecule has 0 spiro atoms. The number of amides is 2. The Kier molecular flexibility index (Phi) is 8.39. The van der Waals surface area contributed by atoms with Gasteiger partial charge in [0.25, 0.3) is 11.8 Å². The van der Waals surface area contributed by atoms with Crippen molar-refractivity contribution >= 4 is 11.8 Å². The molecule has 7 nitrogen and oxygen atoms in total. The second-order valence-electron chi connectivity index (χ2n) is 8.19. The van der Waals surface area contributed by atoms with E-state index in [9.17, 15) is 9.59 Å². The number of carbonyl (C=O) groups is 2. The highest BCUT2D eigenvalue weighted by atomic mass is 16.5. The maximum absolute atomic E-state index is 13.1. The van der Waals surface area contributed by atoms with E-state index in [1.54, 1.807) is 54.6 Å². The Balaban J connectivity index is 1.58. The lowest BCUT2D eigenvalue weighted by Gasteiger charge is -2.22. The largest absolute Gasteiger partial charge is 0.497 e. The van der Waals surface area contributed by atoms with Crippen molar-refractivity contribution in [2.45, 2.75) is 12.8 Å². The molecule has 0 atom stereocenters. The van der Waals surface area contributed by atoms with Crippen molar-refractivity contribution in [3.8, 4) is 17.2 Å². The van der Waals surface area contributed by atoms with Gasteiger partial charge in [-0.05, 0) is 59.7 Å². The number of carbonyl (C=O) groups excluding carboxylic acids is 2. The van der Waals surface area contributed by atoms with Crippen molar-refractivity contribution < 1.29 is 23.8 Å². The topological polar surface area (TPSA) is 85.9 Å². The quantitative estimate of drug-likeness (QED) is 0.297. The molecule has 4 aromatic rings. The highest BCUT2D eigenvalue weighted by Gasteiger charge is 2.20. The molecular formula is C30H28N2O5. The van der Waals surface area contributed by atoms with Gasteiger partial charge >= 0.3 is 0 Å². The lowest BCUT2D eigenvalue weighted by Crippen LogP contribution is -2.41. The average molecular weight is 497 g/mol. The maximum atomic E-state index is 13.1. The molecule has 37 heavy (non-hydrogen) atoms.